The Bertz CT molecular complexity index is 1230. The van der Waals surface area contributed by atoms with Gasteiger partial charge in [0.15, 0.2) is 0 Å². The maximum atomic E-state index is 12.3. The van der Waals surface area contributed by atoms with Crippen LogP contribution in [-0.4, -0.2) is 24.7 Å². The van der Waals surface area contributed by atoms with Crippen molar-refractivity contribution in [3.63, 3.8) is 0 Å². The highest BCUT2D eigenvalue weighted by Crippen LogP contribution is 2.52. The number of benzene rings is 2. The van der Waals surface area contributed by atoms with Crippen molar-refractivity contribution in [2.45, 2.75) is 18.7 Å². The minimum absolute atomic E-state index is 0.110. The standard InChI is InChI=1S/C17H17N4O7P/c1-9(10-5-3-2-4-6-10)18-17(29(26,27)28)12-7-11(21(24)25)8-13-14(12)20-16(23)15(22)19-13/h2-9,17-18H,1H3,(H,19,22)(H,20,23)(H2,26,27,28)/t9-,17-/m0/s1. The molecule has 0 aliphatic carbocycles. The van der Waals surface area contributed by atoms with E-state index < -0.39 is 41.1 Å². The predicted molar refractivity (Wildman–Crippen MR) is 105 cm³/mol. The summed E-state index contributed by atoms with van der Waals surface area (Å²) in [6, 6.07) is 10.2. The molecule has 12 heteroatoms. The van der Waals surface area contributed by atoms with Gasteiger partial charge in [0, 0.05) is 23.7 Å². The summed E-state index contributed by atoms with van der Waals surface area (Å²) in [6.07, 6.45) is 0. The average Bonchev–Trinajstić information content (AvgIpc) is 2.66. The molecule has 5 N–H and O–H groups in total. The summed E-state index contributed by atoms with van der Waals surface area (Å²) in [4.78, 5) is 58.3. The van der Waals surface area contributed by atoms with E-state index >= 15 is 0 Å². The van der Waals surface area contributed by atoms with Crippen molar-refractivity contribution in [1.82, 2.24) is 15.3 Å². The smallest absolute Gasteiger partial charge is 0.323 e. The Balaban J connectivity index is 2.23. The second-order valence-corrected chi connectivity index (χ2v) is 8.11. The molecule has 0 radical (unpaired) electrons. The van der Waals surface area contributed by atoms with Crippen LogP contribution in [0.15, 0.2) is 52.1 Å². The molecule has 0 fully saturated rings. The number of non-ortho nitro benzene ring substituents is 1. The van der Waals surface area contributed by atoms with Crippen molar-refractivity contribution in [2.24, 2.45) is 0 Å². The van der Waals surface area contributed by atoms with Gasteiger partial charge in [0.2, 0.25) is 0 Å². The first-order chi connectivity index (χ1) is 13.6. The highest BCUT2D eigenvalue weighted by Gasteiger charge is 2.35. The normalized spacial score (nSPS) is 13.9. The Morgan fingerprint density at radius 1 is 1.10 bits per heavy atom. The highest BCUT2D eigenvalue weighted by molar-refractivity contribution is 7.52. The summed E-state index contributed by atoms with van der Waals surface area (Å²) in [5.41, 5.74) is -2.30. The lowest BCUT2D eigenvalue weighted by molar-refractivity contribution is -0.384. The maximum Gasteiger partial charge on any atom is 0.346 e. The molecule has 29 heavy (non-hydrogen) atoms. The molecule has 2 atom stereocenters. The molecule has 3 aromatic rings. The quantitative estimate of drug-likeness (QED) is 0.173. The van der Waals surface area contributed by atoms with Crippen LogP contribution in [0, 0.1) is 10.1 Å². The molecule has 0 unspecified atom stereocenters. The van der Waals surface area contributed by atoms with Crippen LogP contribution in [0.3, 0.4) is 0 Å². The molecule has 2 aromatic carbocycles. The van der Waals surface area contributed by atoms with Gasteiger partial charge < -0.3 is 19.8 Å². The predicted octanol–water partition coefficient (Wildman–Crippen LogP) is 1.65. The fourth-order valence-electron chi connectivity index (χ4n) is 3.00. The molecule has 152 valence electrons. The first kappa shape index (κ1) is 20.6. The van der Waals surface area contributed by atoms with Gasteiger partial charge >= 0.3 is 18.7 Å². The number of fused-ring (bicyclic) bond motifs is 1. The van der Waals surface area contributed by atoms with Crippen molar-refractivity contribution in [1.29, 1.82) is 0 Å². The van der Waals surface area contributed by atoms with Crippen LogP contribution < -0.4 is 16.4 Å². The van der Waals surface area contributed by atoms with Crippen LogP contribution in [0.25, 0.3) is 11.0 Å². The van der Waals surface area contributed by atoms with Gasteiger partial charge in [0.05, 0.1) is 16.0 Å². The van der Waals surface area contributed by atoms with Crippen LogP contribution in [-0.2, 0) is 4.57 Å². The summed E-state index contributed by atoms with van der Waals surface area (Å²) in [5, 5.41) is 14.1. The van der Waals surface area contributed by atoms with E-state index in [-0.39, 0.29) is 16.6 Å². The number of hydrogen-bond donors (Lipinski definition) is 5. The summed E-state index contributed by atoms with van der Waals surface area (Å²) >= 11 is 0. The first-order valence-electron chi connectivity index (χ1n) is 8.39. The molecule has 0 saturated carbocycles. The van der Waals surface area contributed by atoms with Crippen molar-refractivity contribution in [2.75, 3.05) is 0 Å². The van der Waals surface area contributed by atoms with Gasteiger partial charge in [0.25, 0.3) is 5.69 Å². The molecule has 3 rings (SSSR count). The fourth-order valence-corrected chi connectivity index (χ4v) is 3.98. The largest absolute Gasteiger partial charge is 0.346 e. The van der Waals surface area contributed by atoms with E-state index in [1.807, 2.05) is 0 Å². The number of nitrogens with zero attached hydrogens (tertiary/aromatic N) is 1. The monoisotopic (exact) mass is 420 g/mol. The van der Waals surface area contributed by atoms with Crippen molar-refractivity contribution < 1.29 is 19.3 Å². The number of aromatic nitrogens is 2. The Morgan fingerprint density at radius 2 is 1.72 bits per heavy atom. The zero-order chi connectivity index (χ0) is 21.3. The lowest BCUT2D eigenvalue weighted by Crippen LogP contribution is -2.30. The Kier molecular flexibility index (Phi) is 5.49. The van der Waals surface area contributed by atoms with Crippen LogP contribution in [0.1, 0.15) is 29.9 Å². The average molecular weight is 420 g/mol. The zero-order valence-corrected chi connectivity index (χ0v) is 15.9. The van der Waals surface area contributed by atoms with Crippen molar-refractivity contribution >= 4 is 24.3 Å². The zero-order valence-electron chi connectivity index (χ0n) is 15.0. The maximum absolute atomic E-state index is 12.3. The van der Waals surface area contributed by atoms with E-state index in [0.29, 0.717) is 0 Å². The third-order valence-electron chi connectivity index (χ3n) is 4.40. The molecule has 11 nitrogen and oxygen atoms in total. The van der Waals surface area contributed by atoms with Crippen LogP contribution >= 0.6 is 7.60 Å². The summed E-state index contributed by atoms with van der Waals surface area (Å²) in [5.74, 6) is -1.68. The lowest BCUT2D eigenvalue weighted by atomic mass is 10.1. The van der Waals surface area contributed by atoms with E-state index in [1.54, 1.807) is 37.3 Å². The molecule has 0 bridgehead atoms. The van der Waals surface area contributed by atoms with Gasteiger partial charge in [-0.3, -0.25) is 29.6 Å². The summed E-state index contributed by atoms with van der Waals surface area (Å²) < 4.78 is 12.3. The van der Waals surface area contributed by atoms with Crippen LogP contribution in [0.5, 0.6) is 0 Å². The Labute approximate surface area is 162 Å². The summed E-state index contributed by atoms with van der Waals surface area (Å²) in [7, 11) is -4.90. The van der Waals surface area contributed by atoms with Gasteiger partial charge in [0.1, 0.15) is 5.78 Å². The molecule has 1 aromatic heterocycles. The third-order valence-corrected chi connectivity index (χ3v) is 5.50. The summed E-state index contributed by atoms with van der Waals surface area (Å²) in [6.45, 7) is 1.67. The number of hydrogen-bond acceptors (Lipinski definition) is 6. The van der Waals surface area contributed by atoms with Crippen LogP contribution in [0.4, 0.5) is 5.69 Å². The van der Waals surface area contributed by atoms with Crippen molar-refractivity contribution in [3.8, 4) is 0 Å². The Hall–Kier alpha value is -3.11. The van der Waals surface area contributed by atoms with E-state index in [0.717, 1.165) is 17.7 Å². The third kappa shape index (κ3) is 4.33. The number of H-pyrrole nitrogens is 2. The van der Waals surface area contributed by atoms with Gasteiger partial charge in [-0.1, -0.05) is 30.3 Å². The molecular weight excluding hydrogens is 403 g/mol. The molecule has 0 saturated heterocycles. The number of nitro groups is 1. The van der Waals surface area contributed by atoms with Gasteiger partial charge in [-0.25, -0.2) is 0 Å². The van der Waals surface area contributed by atoms with Crippen molar-refractivity contribution in [3.05, 3.63) is 84.4 Å². The fraction of sp³-hybridized carbons (Fsp3) is 0.176. The molecule has 0 amide bonds. The second kappa shape index (κ2) is 7.72. The molecule has 0 aliphatic rings. The van der Waals surface area contributed by atoms with E-state index in [1.165, 1.54) is 0 Å². The van der Waals surface area contributed by atoms with Crippen LogP contribution in [0.2, 0.25) is 0 Å². The van der Waals surface area contributed by atoms with E-state index in [4.69, 9.17) is 0 Å². The topological polar surface area (TPSA) is 178 Å². The molecule has 0 aliphatic heterocycles. The van der Waals surface area contributed by atoms with E-state index in [2.05, 4.69) is 15.3 Å². The lowest BCUT2D eigenvalue weighted by Gasteiger charge is -2.25. The minimum Gasteiger partial charge on any atom is -0.323 e. The first-order valence-corrected chi connectivity index (χ1v) is 10.1. The number of aromatic amines is 2. The number of nitro benzene ring substituents is 1. The molecule has 0 spiro atoms. The molecular formula is C17H17N4O7P. The van der Waals surface area contributed by atoms with E-state index in [9.17, 15) is 34.1 Å². The van der Waals surface area contributed by atoms with Gasteiger partial charge in [-0.05, 0) is 12.5 Å². The molecule has 1 heterocycles. The number of rotatable bonds is 6. The minimum atomic E-state index is -4.90. The second-order valence-electron chi connectivity index (χ2n) is 6.41. The SMILES string of the molecule is C[C@H](N[C@H](c1cc([N+](=O)[O-])cc2[nH]c(=O)c(=O)[nH]c12)P(=O)(O)O)c1ccccc1. The Morgan fingerprint density at radius 3 is 2.31 bits per heavy atom. The van der Waals surface area contributed by atoms with Gasteiger partial charge in [-0.2, -0.15) is 0 Å². The highest BCUT2D eigenvalue weighted by atomic mass is 31.2. The number of nitrogens with one attached hydrogen (secondary N) is 3. The van der Waals surface area contributed by atoms with Gasteiger partial charge in [-0.15, -0.1) is 0 Å².